The summed E-state index contributed by atoms with van der Waals surface area (Å²) in [7, 11) is 0. The van der Waals surface area contributed by atoms with Crippen LogP contribution in [0.4, 0.5) is 5.69 Å². The van der Waals surface area contributed by atoms with Gasteiger partial charge in [0.1, 0.15) is 0 Å². The fourth-order valence-electron chi connectivity index (χ4n) is 4.92. The van der Waals surface area contributed by atoms with E-state index in [0.717, 1.165) is 0 Å². The van der Waals surface area contributed by atoms with Crippen molar-refractivity contribution in [1.29, 1.82) is 0 Å². The number of para-hydroxylation sites is 1. The van der Waals surface area contributed by atoms with Crippen LogP contribution in [0.1, 0.15) is 34.6 Å². The molecule has 2 aliphatic heterocycles. The van der Waals surface area contributed by atoms with Crippen molar-refractivity contribution in [3.05, 3.63) is 65.9 Å². The summed E-state index contributed by atoms with van der Waals surface area (Å²) in [5, 5.41) is 12.5. The third-order valence-corrected chi connectivity index (χ3v) is 6.89. The van der Waals surface area contributed by atoms with Crippen LogP contribution in [0.5, 0.6) is 0 Å². The molecule has 2 aromatic carbocycles. The fraction of sp³-hybridized carbons (Fsp3) is 0.321. The minimum Gasteiger partial charge on any atom is -0.479 e. The van der Waals surface area contributed by atoms with Gasteiger partial charge in [-0.05, 0) is 32.0 Å². The molecular formula is C28H28N4O8. The van der Waals surface area contributed by atoms with Crippen molar-refractivity contribution >= 4 is 46.1 Å². The van der Waals surface area contributed by atoms with Gasteiger partial charge in [-0.2, -0.15) is 0 Å². The largest absolute Gasteiger partial charge is 0.479 e. The summed E-state index contributed by atoms with van der Waals surface area (Å²) in [5.41, 5.74) is 1.35. The number of carbonyl (C=O) groups excluding carboxylic acids is 4. The van der Waals surface area contributed by atoms with Gasteiger partial charge in [0.15, 0.2) is 18.0 Å². The number of carboxylic acids is 1. The molecule has 2 saturated heterocycles. The Kier molecular flexibility index (Phi) is 7.13. The first kappa shape index (κ1) is 27.0. The molecule has 0 unspecified atom stereocenters. The van der Waals surface area contributed by atoms with Gasteiger partial charge in [-0.3, -0.25) is 19.2 Å². The third kappa shape index (κ3) is 5.18. The van der Waals surface area contributed by atoms with Gasteiger partial charge in [-0.15, -0.1) is 0 Å². The van der Waals surface area contributed by atoms with Crippen LogP contribution in [0.15, 0.2) is 54.7 Å². The van der Waals surface area contributed by atoms with Gasteiger partial charge >= 0.3 is 5.97 Å². The molecule has 1 aromatic heterocycles. The molecule has 208 valence electrons. The fourth-order valence-corrected chi connectivity index (χ4v) is 4.92. The predicted octanol–water partition coefficient (Wildman–Crippen LogP) is 1.88. The lowest BCUT2D eigenvalue weighted by molar-refractivity contribution is -0.166. The Morgan fingerprint density at radius 1 is 0.900 bits per heavy atom. The number of aliphatic carboxylic acids is 1. The lowest BCUT2D eigenvalue weighted by Crippen LogP contribution is -2.52. The zero-order chi connectivity index (χ0) is 28.6. The van der Waals surface area contributed by atoms with Crippen molar-refractivity contribution in [2.75, 3.05) is 31.5 Å². The maximum atomic E-state index is 13.2. The Balaban J connectivity index is 1.27. The van der Waals surface area contributed by atoms with Crippen LogP contribution >= 0.6 is 0 Å². The number of nitrogens with one attached hydrogen (secondary N) is 2. The van der Waals surface area contributed by atoms with Crippen LogP contribution < -0.4 is 5.32 Å². The zero-order valence-corrected chi connectivity index (χ0v) is 21.9. The minimum absolute atomic E-state index is 0.127. The molecule has 12 nitrogen and oxygen atoms in total. The number of anilines is 1. The number of Topliss-reactive ketones (excluding diaryl/α,β-unsaturated/α-hetero) is 1. The van der Waals surface area contributed by atoms with E-state index in [9.17, 15) is 29.1 Å². The topological polar surface area (TPSA) is 158 Å². The van der Waals surface area contributed by atoms with E-state index in [-0.39, 0.29) is 30.2 Å². The van der Waals surface area contributed by atoms with Crippen LogP contribution in [0, 0.1) is 0 Å². The summed E-state index contributed by atoms with van der Waals surface area (Å²) in [6.45, 7) is 4.07. The van der Waals surface area contributed by atoms with Crippen LogP contribution in [0.25, 0.3) is 10.9 Å². The lowest BCUT2D eigenvalue weighted by atomic mass is 10.1. The van der Waals surface area contributed by atoms with Gasteiger partial charge < -0.3 is 34.7 Å². The minimum atomic E-state index is -1.49. The van der Waals surface area contributed by atoms with Gasteiger partial charge in [0, 0.05) is 43.3 Å². The SMILES string of the molecule is CC1(C)O[C@@H](C(=O)O)[C@H](C(=O)Nc2cccc3c(C(=O)C(=O)N4CCN(C(=O)c5ccccc5)CC4)c[nH]c23)O1. The number of aromatic nitrogens is 1. The number of ether oxygens (including phenoxy) is 2. The molecule has 3 heterocycles. The molecule has 0 bridgehead atoms. The summed E-state index contributed by atoms with van der Waals surface area (Å²) in [6, 6.07) is 13.7. The van der Waals surface area contributed by atoms with E-state index in [2.05, 4.69) is 10.3 Å². The van der Waals surface area contributed by atoms with E-state index < -0.39 is 41.6 Å². The molecule has 2 aliphatic rings. The number of carbonyl (C=O) groups is 5. The van der Waals surface area contributed by atoms with Crippen molar-refractivity contribution in [1.82, 2.24) is 14.8 Å². The average Bonchev–Trinajstić information content (AvgIpc) is 3.54. The number of hydrogen-bond donors (Lipinski definition) is 3. The number of rotatable bonds is 6. The molecule has 3 aromatic rings. The maximum absolute atomic E-state index is 13.2. The highest BCUT2D eigenvalue weighted by Gasteiger charge is 2.49. The first-order valence-electron chi connectivity index (χ1n) is 12.7. The number of fused-ring (bicyclic) bond motifs is 1. The van der Waals surface area contributed by atoms with E-state index in [1.807, 2.05) is 6.07 Å². The van der Waals surface area contributed by atoms with Gasteiger partial charge in [-0.25, -0.2) is 4.79 Å². The van der Waals surface area contributed by atoms with E-state index >= 15 is 0 Å². The maximum Gasteiger partial charge on any atom is 0.336 e. The normalized spacial score (nSPS) is 20.4. The second kappa shape index (κ2) is 10.5. The highest BCUT2D eigenvalue weighted by atomic mass is 16.8. The molecule has 0 saturated carbocycles. The highest BCUT2D eigenvalue weighted by molar-refractivity contribution is 6.45. The molecule has 40 heavy (non-hydrogen) atoms. The Hall–Kier alpha value is -4.55. The quantitative estimate of drug-likeness (QED) is 0.311. The smallest absolute Gasteiger partial charge is 0.336 e. The predicted molar refractivity (Wildman–Crippen MR) is 142 cm³/mol. The van der Waals surface area contributed by atoms with E-state index in [1.165, 1.54) is 24.9 Å². The van der Waals surface area contributed by atoms with Crippen LogP contribution in [-0.4, -0.2) is 93.5 Å². The number of piperazine rings is 1. The molecule has 0 spiro atoms. The molecule has 0 aliphatic carbocycles. The summed E-state index contributed by atoms with van der Waals surface area (Å²) in [6.07, 6.45) is -1.49. The first-order valence-corrected chi connectivity index (χ1v) is 12.7. The number of amides is 3. The molecule has 2 fully saturated rings. The molecule has 3 amide bonds. The number of benzene rings is 2. The summed E-state index contributed by atoms with van der Waals surface area (Å²) < 4.78 is 10.8. The summed E-state index contributed by atoms with van der Waals surface area (Å²) >= 11 is 0. The molecule has 3 N–H and O–H groups in total. The lowest BCUT2D eigenvalue weighted by Gasteiger charge is -2.34. The van der Waals surface area contributed by atoms with Crippen molar-refractivity contribution in [3.63, 3.8) is 0 Å². The second-order valence-corrected chi connectivity index (χ2v) is 10.0. The number of aromatic amines is 1. The monoisotopic (exact) mass is 548 g/mol. The van der Waals surface area contributed by atoms with Crippen molar-refractivity contribution in [2.24, 2.45) is 0 Å². The van der Waals surface area contributed by atoms with Gasteiger partial charge in [0.05, 0.1) is 16.8 Å². The Morgan fingerprint density at radius 3 is 2.23 bits per heavy atom. The van der Waals surface area contributed by atoms with Crippen molar-refractivity contribution in [2.45, 2.75) is 31.8 Å². The Labute approximate surface area is 228 Å². The molecule has 5 rings (SSSR count). The van der Waals surface area contributed by atoms with E-state index in [4.69, 9.17) is 9.47 Å². The number of H-pyrrole nitrogens is 1. The summed E-state index contributed by atoms with van der Waals surface area (Å²) in [4.78, 5) is 69.5. The van der Waals surface area contributed by atoms with Crippen molar-refractivity contribution < 1.29 is 38.6 Å². The van der Waals surface area contributed by atoms with Crippen LogP contribution in [-0.2, 0) is 23.9 Å². The number of ketones is 1. The first-order chi connectivity index (χ1) is 19.1. The van der Waals surface area contributed by atoms with Gasteiger partial charge in [-0.1, -0.05) is 30.3 Å². The third-order valence-electron chi connectivity index (χ3n) is 6.89. The molecule has 2 atom stereocenters. The van der Waals surface area contributed by atoms with Crippen LogP contribution in [0.3, 0.4) is 0 Å². The molecule has 0 radical (unpaired) electrons. The van der Waals surface area contributed by atoms with Crippen molar-refractivity contribution in [3.8, 4) is 0 Å². The van der Waals surface area contributed by atoms with Gasteiger partial charge in [0.2, 0.25) is 0 Å². The standard InChI is InChI=1S/C28H28N4O8/c1-28(2)39-22(23(40-28)27(37)38)24(34)30-19-10-6-9-17-18(15-29-20(17)19)21(33)26(36)32-13-11-31(12-14-32)25(35)16-7-4-3-5-8-16/h3-10,15,22-23,29H,11-14H2,1-2H3,(H,30,34)(H,37,38)/t22-,23-/m1/s1. The average molecular weight is 549 g/mol. The zero-order valence-electron chi connectivity index (χ0n) is 21.9. The molecular weight excluding hydrogens is 520 g/mol. The molecule has 12 heteroatoms. The van der Waals surface area contributed by atoms with E-state index in [0.29, 0.717) is 29.6 Å². The number of hydrogen-bond acceptors (Lipinski definition) is 7. The highest BCUT2D eigenvalue weighted by Crippen LogP contribution is 2.31. The number of nitrogens with zero attached hydrogens (tertiary/aromatic N) is 2. The second-order valence-electron chi connectivity index (χ2n) is 10.0. The Bertz CT molecular complexity index is 1490. The Morgan fingerprint density at radius 2 is 1.55 bits per heavy atom. The van der Waals surface area contributed by atoms with E-state index in [1.54, 1.807) is 47.4 Å². The summed E-state index contributed by atoms with van der Waals surface area (Å²) in [5.74, 6) is -4.86. The number of carboxylic acid groups (broad SMARTS) is 1. The van der Waals surface area contributed by atoms with Gasteiger partial charge in [0.25, 0.3) is 23.5 Å². The van der Waals surface area contributed by atoms with Crippen LogP contribution in [0.2, 0.25) is 0 Å².